The van der Waals surface area contributed by atoms with Crippen LogP contribution in [0, 0.1) is 0 Å². The first-order valence-corrected chi connectivity index (χ1v) is 13.9. The summed E-state index contributed by atoms with van der Waals surface area (Å²) in [5.41, 5.74) is 5.42. The number of nitrogens with one attached hydrogen (secondary N) is 2. The molecule has 5 N–H and O–H groups in total. The van der Waals surface area contributed by atoms with Crippen molar-refractivity contribution >= 4 is 23.7 Å². The van der Waals surface area contributed by atoms with Gasteiger partial charge in [0, 0.05) is 25.8 Å². The van der Waals surface area contributed by atoms with Gasteiger partial charge in [-0.05, 0) is 32.1 Å². The molecule has 3 amide bonds. The second kappa shape index (κ2) is 23.6. The molecule has 0 aromatic heterocycles. The van der Waals surface area contributed by atoms with Gasteiger partial charge >= 0.3 is 5.97 Å². The minimum Gasteiger partial charge on any atom is -0.481 e. The van der Waals surface area contributed by atoms with Crippen LogP contribution in [0.25, 0.3) is 0 Å². The van der Waals surface area contributed by atoms with Gasteiger partial charge in [-0.1, -0.05) is 84.0 Å². The molecule has 0 fully saturated rings. The van der Waals surface area contributed by atoms with Crippen molar-refractivity contribution in [3.8, 4) is 0 Å². The molecular formula is C27H51N3O5. The van der Waals surface area contributed by atoms with Crippen molar-refractivity contribution < 1.29 is 24.3 Å². The van der Waals surface area contributed by atoms with Gasteiger partial charge in [0.2, 0.25) is 17.7 Å². The maximum atomic E-state index is 12.1. The van der Waals surface area contributed by atoms with Crippen molar-refractivity contribution in [1.82, 2.24) is 10.6 Å². The first-order chi connectivity index (χ1) is 16.9. The third-order valence-corrected chi connectivity index (χ3v) is 6.29. The highest BCUT2D eigenvalue weighted by atomic mass is 16.4. The normalized spacial score (nSPS) is 11.7. The molecule has 0 heterocycles. The summed E-state index contributed by atoms with van der Waals surface area (Å²) in [5, 5.41) is 14.1. The van der Waals surface area contributed by atoms with Crippen molar-refractivity contribution in [1.29, 1.82) is 0 Å². The molecule has 0 aliphatic carbocycles. The van der Waals surface area contributed by atoms with Gasteiger partial charge in [-0.2, -0.15) is 0 Å². The number of rotatable bonds is 25. The predicted molar refractivity (Wildman–Crippen MR) is 140 cm³/mol. The maximum absolute atomic E-state index is 12.1. The first-order valence-electron chi connectivity index (χ1n) is 13.9. The van der Waals surface area contributed by atoms with Crippen LogP contribution in [0.2, 0.25) is 0 Å². The predicted octanol–water partition coefficient (Wildman–Crippen LogP) is 4.98. The minimum atomic E-state index is -0.692. The Morgan fingerprint density at radius 2 is 1.11 bits per heavy atom. The Kier molecular flexibility index (Phi) is 22.2. The topological polar surface area (TPSA) is 139 Å². The average molecular weight is 498 g/mol. The molecule has 0 aliphatic rings. The van der Waals surface area contributed by atoms with Gasteiger partial charge < -0.3 is 21.5 Å². The van der Waals surface area contributed by atoms with E-state index in [1.165, 1.54) is 51.4 Å². The van der Waals surface area contributed by atoms with Gasteiger partial charge in [-0.25, -0.2) is 0 Å². The van der Waals surface area contributed by atoms with Gasteiger partial charge in [0.05, 0.1) is 0 Å². The lowest BCUT2D eigenvalue weighted by Crippen LogP contribution is -2.44. The zero-order chi connectivity index (χ0) is 26.2. The highest BCUT2D eigenvalue weighted by molar-refractivity contribution is 5.86. The molecule has 8 nitrogen and oxygen atoms in total. The Bertz CT molecular complexity index is 583. The number of carbonyl (C=O) groups excluding carboxylic acids is 3. The average Bonchev–Trinajstić information content (AvgIpc) is 2.82. The molecule has 1 unspecified atom stereocenters. The molecule has 0 aliphatic heterocycles. The van der Waals surface area contributed by atoms with E-state index in [1.54, 1.807) is 6.92 Å². The third-order valence-electron chi connectivity index (χ3n) is 6.29. The monoisotopic (exact) mass is 497 g/mol. The molecule has 0 aromatic rings. The van der Waals surface area contributed by atoms with Crippen molar-refractivity contribution in [3.05, 3.63) is 0 Å². The molecule has 0 saturated carbocycles. The van der Waals surface area contributed by atoms with Crippen LogP contribution in [0.1, 0.15) is 135 Å². The summed E-state index contributed by atoms with van der Waals surface area (Å²) in [5.74, 6) is -1.30. The second-order valence-corrected chi connectivity index (χ2v) is 9.57. The summed E-state index contributed by atoms with van der Waals surface area (Å²) in [4.78, 5) is 45.4. The Balaban J connectivity index is 3.53. The molecule has 35 heavy (non-hydrogen) atoms. The fraction of sp³-hybridized carbons (Fsp3) is 0.852. The molecule has 0 rings (SSSR count). The number of hydrogen-bond donors (Lipinski definition) is 4. The van der Waals surface area contributed by atoms with E-state index in [1.807, 2.05) is 0 Å². The smallest absolute Gasteiger partial charge is 0.303 e. The number of unbranched alkanes of at least 4 members (excludes halogenated alkanes) is 14. The summed E-state index contributed by atoms with van der Waals surface area (Å²) in [7, 11) is 0. The van der Waals surface area contributed by atoms with Gasteiger partial charge in [-0.3, -0.25) is 19.2 Å². The molecular weight excluding hydrogens is 446 g/mol. The number of nitrogens with two attached hydrogens (primary N) is 1. The Hall–Kier alpha value is -2.12. The number of carboxylic acid groups (broad SMARTS) is 1. The van der Waals surface area contributed by atoms with E-state index < -0.39 is 17.9 Å². The van der Waals surface area contributed by atoms with E-state index in [4.69, 9.17) is 10.8 Å². The fourth-order valence-corrected chi connectivity index (χ4v) is 4.06. The van der Waals surface area contributed by atoms with Crippen LogP contribution in [0.5, 0.6) is 0 Å². The summed E-state index contributed by atoms with van der Waals surface area (Å²) < 4.78 is 0. The van der Waals surface area contributed by atoms with E-state index in [2.05, 4.69) is 10.6 Å². The molecule has 0 spiro atoms. The van der Waals surface area contributed by atoms with E-state index >= 15 is 0 Å². The Morgan fingerprint density at radius 1 is 0.657 bits per heavy atom. The summed E-state index contributed by atoms with van der Waals surface area (Å²) in [6, 6.07) is -0.638. The molecule has 0 bridgehead atoms. The number of carboxylic acids is 1. The highest BCUT2D eigenvalue weighted by Gasteiger charge is 2.17. The second-order valence-electron chi connectivity index (χ2n) is 9.57. The quantitative estimate of drug-likeness (QED) is 0.132. The molecule has 0 aromatic carbocycles. The number of amides is 3. The Morgan fingerprint density at radius 3 is 1.54 bits per heavy atom. The number of primary amides is 1. The minimum absolute atomic E-state index is 0.0134. The SMILES string of the molecule is CCC(=O)NCCCCC(NC(=O)CCCCCCCCCCCCCCCCC(=O)O)C(N)=O. The molecule has 1 atom stereocenters. The standard InChI is InChI=1S/C27H51N3O5/c1-2-24(31)29-22-18-17-19-23(27(28)35)30-25(32)20-15-13-11-9-7-5-3-4-6-8-10-12-14-16-21-26(33)34/h23H,2-22H2,1H3,(H2,28,35)(H,29,31)(H,30,32)(H,33,34). The summed E-state index contributed by atoms with van der Waals surface area (Å²) in [6.45, 7) is 2.38. The van der Waals surface area contributed by atoms with Gasteiger partial charge in [0.25, 0.3) is 0 Å². The van der Waals surface area contributed by atoms with Crippen LogP contribution in [0.4, 0.5) is 0 Å². The van der Waals surface area contributed by atoms with Crippen LogP contribution in [0.15, 0.2) is 0 Å². The van der Waals surface area contributed by atoms with E-state index in [0.29, 0.717) is 38.6 Å². The lowest BCUT2D eigenvalue weighted by atomic mass is 10.0. The third kappa shape index (κ3) is 23.4. The number of hydrogen-bond acceptors (Lipinski definition) is 4. The zero-order valence-electron chi connectivity index (χ0n) is 22.1. The van der Waals surface area contributed by atoms with Crippen molar-refractivity contribution in [2.75, 3.05) is 6.54 Å². The van der Waals surface area contributed by atoms with Crippen LogP contribution in [-0.2, 0) is 19.2 Å². The molecule has 8 heteroatoms. The fourth-order valence-electron chi connectivity index (χ4n) is 4.06. The summed E-state index contributed by atoms with van der Waals surface area (Å²) in [6.07, 6.45) is 19.1. The lowest BCUT2D eigenvalue weighted by Gasteiger charge is -2.15. The lowest BCUT2D eigenvalue weighted by molar-refractivity contribution is -0.137. The molecule has 204 valence electrons. The molecule has 0 saturated heterocycles. The van der Waals surface area contributed by atoms with Crippen molar-refractivity contribution in [3.63, 3.8) is 0 Å². The maximum Gasteiger partial charge on any atom is 0.303 e. The van der Waals surface area contributed by atoms with Gasteiger partial charge in [-0.15, -0.1) is 0 Å². The summed E-state index contributed by atoms with van der Waals surface area (Å²) >= 11 is 0. The van der Waals surface area contributed by atoms with Crippen molar-refractivity contribution in [2.45, 2.75) is 141 Å². The number of aliphatic carboxylic acids is 1. The van der Waals surface area contributed by atoms with E-state index in [0.717, 1.165) is 44.9 Å². The van der Waals surface area contributed by atoms with Crippen LogP contribution < -0.4 is 16.4 Å². The zero-order valence-corrected chi connectivity index (χ0v) is 22.1. The van der Waals surface area contributed by atoms with E-state index in [-0.39, 0.29) is 11.8 Å². The Labute approximate surface area is 212 Å². The largest absolute Gasteiger partial charge is 0.481 e. The van der Waals surface area contributed by atoms with Gasteiger partial charge in [0.15, 0.2) is 0 Å². The van der Waals surface area contributed by atoms with Crippen LogP contribution in [-0.4, -0.2) is 41.4 Å². The first kappa shape index (κ1) is 32.9. The van der Waals surface area contributed by atoms with Crippen molar-refractivity contribution in [2.24, 2.45) is 5.73 Å². The van der Waals surface area contributed by atoms with Crippen LogP contribution >= 0.6 is 0 Å². The number of carbonyl (C=O) groups is 4. The highest BCUT2D eigenvalue weighted by Crippen LogP contribution is 2.14. The van der Waals surface area contributed by atoms with Gasteiger partial charge in [0.1, 0.15) is 6.04 Å². The van der Waals surface area contributed by atoms with E-state index in [9.17, 15) is 19.2 Å². The molecule has 0 radical (unpaired) electrons. The van der Waals surface area contributed by atoms with Crippen LogP contribution in [0.3, 0.4) is 0 Å².